The number of amides is 1. The molecule has 0 saturated carbocycles. The molecule has 0 spiro atoms. The molecule has 5 nitrogen and oxygen atoms in total. The molecule has 0 atom stereocenters. The Morgan fingerprint density at radius 1 is 1.26 bits per heavy atom. The van der Waals surface area contributed by atoms with Gasteiger partial charge in [-0.1, -0.05) is 29.3 Å². The van der Waals surface area contributed by atoms with Crippen LogP contribution in [0.1, 0.15) is 15.2 Å². The van der Waals surface area contributed by atoms with E-state index in [1.165, 1.54) is 0 Å². The molecule has 4 aromatic rings. The molecule has 1 N–H and O–H groups in total. The SMILES string of the molecule is Cn1ncc2c(C(=O)NCc3cccs3)cc(-c3ccc(Cl)cc3Cl)nc21. The minimum absolute atomic E-state index is 0.185. The lowest BCUT2D eigenvalue weighted by Crippen LogP contribution is -2.22. The maximum absolute atomic E-state index is 12.9. The van der Waals surface area contributed by atoms with Crippen molar-refractivity contribution in [2.45, 2.75) is 6.54 Å². The molecule has 0 aliphatic heterocycles. The average molecular weight is 417 g/mol. The summed E-state index contributed by atoms with van der Waals surface area (Å²) in [6, 6.07) is 10.9. The number of hydrogen-bond donors (Lipinski definition) is 1. The highest BCUT2D eigenvalue weighted by Gasteiger charge is 2.18. The number of thiophene rings is 1. The molecule has 1 aromatic carbocycles. The fraction of sp³-hybridized carbons (Fsp3) is 0.105. The highest BCUT2D eigenvalue weighted by molar-refractivity contribution is 7.09. The summed E-state index contributed by atoms with van der Waals surface area (Å²) in [4.78, 5) is 18.6. The number of hydrogen-bond acceptors (Lipinski definition) is 4. The minimum atomic E-state index is -0.185. The van der Waals surface area contributed by atoms with Crippen molar-refractivity contribution in [1.82, 2.24) is 20.1 Å². The number of halogens is 2. The van der Waals surface area contributed by atoms with Crippen LogP contribution >= 0.6 is 34.5 Å². The fourth-order valence-electron chi connectivity index (χ4n) is 2.81. The lowest BCUT2D eigenvalue weighted by Gasteiger charge is -2.10. The van der Waals surface area contributed by atoms with Gasteiger partial charge in [-0.3, -0.25) is 9.48 Å². The molecular formula is C19H14Cl2N4OS. The van der Waals surface area contributed by atoms with E-state index in [-0.39, 0.29) is 5.91 Å². The number of benzene rings is 1. The minimum Gasteiger partial charge on any atom is -0.347 e. The predicted octanol–water partition coefficient (Wildman–Crippen LogP) is 4.93. The molecule has 0 fully saturated rings. The second kappa shape index (κ2) is 7.31. The molecule has 8 heteroatoms. The van der Waals surface area contributed by atoms with E-state index in [4.69, 9.17) is 23.2 Å². The van der Waals surface area contributed by atoms with Crippen molar-refractivity contribution in [3.63, 3.8) is 0 Å². The molecule has 0 saturated heterocycles. The zero-order valence-corrected chi connectivity index (χ0v) is 16.6. The van der Waals surface area contributed by atoms with Gasteiger partial charge in [-0.15, -0.1) is 11.3 Å². The van der Waals surface area contributed by atoms with Crippen LogP contribution in [0.4, 0.5) is 0 Å². The summed E-state index contributed by atoms with van der Waals surface area (Å²) in [7, 11) is 1.79. The average Bonchev–Trinajstić information content (AvgIpc) is 3.29. The first-order chi connectivity index (χ1) is 13.0. The van der Waals surface area contributed by atoms with Gasteiger partial charge in [0.15, 0.2) is 5.65 Å². The Bertz CT molecular complexity index is 1140. The van der Waals surface area contributed by atoms with Gasteiger partial charge < -0.3 is 5.32 Å². The standard InChI is InChI=1S/C19H14Cl2N4OS/c1-25-18-15(10-23-25)14(19(26)22-9-12-3-2-6-27-12)8-17(24-18)13-5-4-11(20)7-16(13)21/h2-8,10H,9H2,1H3,(H,22,26). The number of nitrogens with one attached hydrogen (secondary N) is 1. The van der Waals surface area contributed by atoms with Crippen molar-refractivity contribution < 1.29 is 4.79 Å². The van der Waals surface area contributed by atoms with Gasteiger partial charge in [-0.2, -0.15) is 5.10 Å². The maximum Gasteiger partial charge on any atom is 0.252 e. The van der Waals surface area contributed by atoms with Gasteiger partial charge >= 0.3 is 0 Å². The van der Waals surface area contributed by atoms with Gasteiger partial charge in [-0.25, -0.2) is 4.98 Å². The Hall–Kier alpha value is -2.41. The lowest BCUT2D eigenvalue weighted by atomic mass is 10.1. The highest BCUT2D eigenvalue weighted by atomic mass is 35.5. The van der Waals surface area contributed by atoms with Crippen LogP contribution in [0.5, 0.6) is 0 Å². The molecule has 0 aliphatic rings. The smallest absolute Gasteiger partial charge is 0.252 e. The first-order valence-electron chi connectivity index (χ1n) is 8.11. The molecule has 136 valence electrons. The summed E-state index contributed by atoms with van der Waals surface area (Å²) in [5.41, 5.74) is 2.41. The fourth-order valence-corrected chi connectivity index (χ4v) is 3.96. The monoisotopic (exact) mass is 416 g/mol. The summed E-state index contributed by atoms with van der Waals surface area (Å²) in [5.74, 6) is -0.185. The molecular weight excluding hydrogens is 403 g/mol. The Morgan fingerprint density at radius 2 is 2.11 bits per heavy atom. The molecule has 4 rings (SSSR count). The first kappa shape index (κ1) is 18.0. The summed E-state index contributed by atoms with van der Waals surface area (Å²) < 4.78 is 1.64. The number of aromatic nitrogens is 3. The predicted molar refractivity (Wildman–Crippen MR) is 109 cm³/mol. The van der Waals surface area contributed by atoms with E-state index in [0.29, 0.717) is 44.4 Å². The Kier molecular flexibility index (Phi) is 4.86. The molecule has 0 bridgehead atoms. The van der Waals surface area contributed by atoms with Crippen molar-refractivity contribution in [2.24, 2.45) is 7.05 Å². The van der Waals surface area contributed by atoms with Gasteiger partial charge in [0.25, 0.3) is 5.91 Å². The second-order valence-electron chi connectivity index (χ2n) is 5.95. The van der Waals surface area contributed by atoms with Gasteiger partial charge in [0.2, 0.25) is 0 Å². The number of pyridine rings is 1. The Balaban J connectivity index is 1.78. The zero-order chi connectivity index (χ0) is 19.0. The first-order valence-corrected chi connectivity index (χ1v) is 9.75. The summed E-state index contributed by atoms with van der Waals surface area (Å²) in [6.45, 7) is 0.470. The number of aryl methyl sites for hydroxylation is 1. The molecule has 3 aromatic heterocycles. The molecule has 0 aliphatic carbocycles. The van der Waals surface area contributed by atoms with E-state index in [1.807, 2.05) is 17.5 Å². The van der Waals surface area contributed by atoms with Crippen LogP contribution in [0.3, 0.4) is 0 Å². The van der Waals surface area contributed by atoms with E-state index >= 15 is 0 Å². The van der Waals surface area contributed by atoms with Crippen molar-refractivity contribution in [3.05, 3.63) is 68.5 Å². The third-order valence-electron chi connectivity index (χ3n) is 4.16. The largest absolute Gasteiger partial charge is 0.347 e. The molecule has 1 amide bonds. The second-order valence-corrected chi connectivity index (χ2v) is 7.82. The van der Waals surface area contributed by atoms with Gasteiger partial charge in [0.05, 0.1) is 34.4 Å². The molecule has 0 unspecified atom stereocenters. The van der Waals surface area contributed by atoms with E-state index < -0.39 is 0 Å². The Labute approximate surface area is 169 Å². The van der Waals surface area contributed by atoms with Crippen LogP contribution in [0, 0.1) is 0 Å². The number of fused-ring (bicyclic) bond motifs is 1. The van der Waals surface area contributed by atoms with Crippen LogP contribution in [0.2, 0.25) is 10.0 Å². The number of rotatable bonds is 4. The van der Waals surface area contributed by atoms with Crippen LogP contribution in [-0.4, -0.2) is 20.7 Å². The zero-order valence-electron chi connectivity index (χ0n) is 14.2. The van der Waals surface area contributed by atoms with E-state index in [0.717, 1.165) is 4.88 Å². The van der Waals surface area contributed by atoms with E-state index in [2.05, 4.69) is 15.4 Å². The van der Waals surface area contributed by atoms with Gasteiger partial charge in [0.1, 0.15) is 0 Å². The normalized spacial score (nSPS) is 11.1. The molecule has 0 radical (unpaired) electrons. The highest BCUT2D eigenvalue weighted by Crippen LogP contribution is 2.31. The van der Waals surface area contributed by atoms with Gasteiger partial charge in [0, 0.05) is 22.5 Å². The summed E-state index contributed by atoms with van der Waals surface area (Å²) in [6.07, 6.45) is 1.65. The molecule has 3 heterocycles. The van der Waals surface area contributed by atoms with Crippen LogP contribution in [0.15, 0.2) is 48.0 Å². The summed E-state index contributed by atoms with van der Waals surface area (Å²) >= 11 is 13.9. The van der Waals surface area contributed by atoms with Crippen molar-refractivity contribution in [1.29, 1.82) is 0 Å². The number of nitrogens with zero attached hydrogens (tertiary/aromatic N) is 3. The lowest BCUT2D eigenvalue weighted by molar-refractivity contribution is 0.0953. The van der Waals surface area contributed by atoms with Gasteiger partial charge in [-0.05, 0) is 35.7 Å². The van der Waals surface area contributed by atoms with E-state index in [1.54, 1.807) is 53.5 Å². The maximum atomic E-state index is 12.9. The van der Waals surface area contributed by atoms with Crippen LogP contribution < -0.4 is 5.32 Å². The number of carbonyl (C=O) groups is 1. The number of carbonyl (C=O) groups excluding carboxylic acids is 1. The van der Waals surface area contributed by atoms with E-state index in [9.17, 15) is 4.79 Å². The van der Waals surface area contributed by atoms with Crippen LogP contribution in [-0.2, 0) is 13.6 Å². The third-order valence-corrected chi connectivity index (χ3v) is 5.58. The van der Waals surface area contributed by atoms with Crippen LogP contribution in [0.25, 0.3) is 22.3 Å². The quantitative estimate of drug-likeness (QED) is 0.512. The van der Waals surface area contributed by atoms with Crippen molar-refractivity contribution in [2.75, 3.05) is 0 Å². The summed E-state index contributed by atoms with van der Waals surface area (Å²) in [5, 5.41) is 10.9. The Morgan fingerprint density at radius 3 is 2.85 bits per heavy atom. The van der Waals surface area contributed by atoms with Crippen molar-refractivity contribution >= 4 is 51.5 Å². The molecule has 27 heavy (non-hydrogen) atoms. The third kappa shape index (κ3) is 3.56. The topological polar surface area (TPSA) is 59.8 Å². The van der Waals surface area contributed by atoms with Crippen molar-refractivity contribution in [3.8, 4) is 11.3 Å².